The van der Waals surface area contributed by atoms with Crippen LogP contribution in [-0.2, 0) is 12.8 Å². The quantitative estimate of drug-likeness (QED) is 0.781. The molecule has 1 N–H and O–H groups in total. The monoisotopic (exact) mass is 279 g/mol. The minimum absolute atomic E-state index is 0.268. The smallest absolute Gasteiger partial charge is 0.137 e. The maximum Gasteiger partial charge on any atom is 0.137 e. The van der Waals surface area contributed by atoms with E-state index in [1.165, 1.54) is 29.6 Å². The molecule has 0 bridgehead atoms. The van der Waals surface area contributed by atoms with E-state index in [9.17, 15) is 4.39 Å². The predicted octanol–water partition coefficient (Wildman–Crippen LogP) is 3.35. The molecule has 0 fully saturated rings. The van der Waals surface area contributed by atoms with Crippen molar-refractivity contribution in [2.24, 2.45) is 0 Å². The normalized spacial score (nSPS) is 14.3. The molecule has 4 rings (SSSR count). The fraction of sp³-hybridized carbons (Fsp3) is 0.176. The fourth-order valence-electron chi connectivity index (χ4n) is 3.00. The number of aromatic nitrogens is 2. The maximum atomic E-state index is 13.5. The highest BCUT2D eigenvalue weighted by Gasteiger charge is 2.21. The van der Waals surface area contributed by atoms with Gasteiger partial charge in [0.2, 0.25) is 0 Å². The highest BCUT2D eigenvalue weighted by Crippen LogP contribution is 2.26. The Hall–Kier alpha value is -2.49. The molecule has 1 aromatic heterocycles. The van der Waals surface area contributed by atoms with Crippen molar-refractivity contribution in [1.82, 2.24) is 9.97 Å². The minimum atomic E-state index is -0.268. The number of hydrogen-bond donors (Lipinski definition) is 1. The van der Waals surface area contributed by atoms with Gasteiger partial charge in [0.15, 0.2) is 0 Å². The number of nitrogens with one attached hydrogen (secondary N) is 1. The molecule has 3 nitrogen and oxygen atoms in total. The SMILES string of the molecule is Fc1ccc2ncnc(NC3Cc4ccccc4C3)c2c1. The van der Waals surface area contributed by atoms with Crippen LogP contribution in [0.3, 0.4) is 0 Å². The van der Waals surface area contributed by atoms with Crippen molar-refractivity contribution in [3.05, 3.63) is 65.7 Å². The number of hydrogen-bond acceptors (Lipinski definition) is 3. The van der Waals surface area contributed by atoms with Crippen molar-refractivity contribution in [2.75, 3.05) is 5.32 Å². The van der Waals surface area contributed by atoms with Gasteiger partial charge in [0, 0.05) is 11.4 Å². The van der Waals surface area contributed by atoms with Crippen LogP contribution in [0.2, 0.25) is 0 Å². The molecule has 1 aliphatic carbocycles. The van der Waals surface area contributed by atoms with Gasteiger partial charge < -0.3 is 5.32 Å². The first-order valence-electron chi connectivity index (χ1n) is 7.03. The van der Waals surface area contributed by atoms with E-state index in [0.717, 1.165) is 23.7 Å². The Balaban J connectivity index is 1.66. The summed E-state index contributed by atoms with van der Waals surface area (Å²) in [5, 5.41) is 4.17. The molecule has 1 aliphatic rings. The van der Waals surface area contributed by atoms with Gasteiger partial charge >= 0.3 is 0 Å². The summed E-state index contributed by atoms with van der Waals surface area (Å²) in [6.07, 6.45) is 3.46. The van der Waals surface area contributed by atoms with Crippen LogP contribution in [0.5, 0.6) is 0 Å². The van der Waals surface area contributed by atoms with Crippen LogP contribution in [0.15, 0.2) is 48.8 Å². The highest BCUT2D eigenvalue weighted by atomic mass is 19.1. The molecule has 0 saturated carbocycles. The van der Waals surface area contributed by atoms with Gasteiger partial charge in [-0.2, -0.15) is 0 Å². The second kappa shape index (κ2) is 4.81. The summed E-state index contributed by atoms with van der Waals surface area (Å²) < 4.78 is 13.5. The van der Waals surface area contributed by atoms with Crippen molar-refractivity contribution in [1.29, 1.82) is 0 Å². The van der Waals surface area contributed by atoms with E-state index in [2.05, 4.69) is 39.6 Å². The first kappa shape index (κ1) is 12.3. The first-order valence-corrected chi connectivity index (χ1v) is 7.03. The molecule has 0 saturated heterocycles. The zero-order valence-corrected chi connectivity index (χ0v) is 11.4. The molecular formula is C17H14FN3. The van der Waals surface area contributed by atoms with Crippen LogP contribution in [-0.4, -0.2) is 16.0 Å². The number of benzene rings is 2. The van der Waals surface area contributed by atoms with Gasteiger partial charge in [0.25, 0.3) is 0 Å². The highest BCUT2D eigenvalue weighted by molar-refractivity contribution is 5.88. The van der Waals surface area contributed by atoms with Crippen molar-refractivity contribution in [3.8, 4) is 0 Å². The van der Waals surface area contributed by atoms with E-state index >= 15 is 0 Å². The predicted molar refractivity (Wildman–Crippen MR) is 80.8 cm³/mol. The summed E-state index contributed by atoms with van der Waals surface area (Å²) in [6.45, 7) is 0. The van der Waals surface area contributed by atoms with Gasteiger partial charge in [-0.15, -0.1) is 0 Å². The molecule has 4 heteroatoms. The lowest BCUT2D eigenvalue weighted by atomic mass is 10.1. The summed E-state index contributed by atoms with van der Waals surface area (Å²) in [5.41, 5.74) is 3.50. The molecular weight excluding hydrogens is 265 g/mol. The van der Waals surface area contributed by atoms with E-state index in [1.807, 2.05) is 0 Å². The number of nitrogens with zero attached hydrogens (tertiary/aromatic N) is 2. The third-order valence-corrected chi connectivity index (χ3v) is 3.99. The molecule has 2 aromatic carbocycles. The van der Waals surface area contributed by atoms with Gasteiger partial charge in [-0.3, -0.25) is 0 Å². The molecule has 104 valence electrons. The average molecular weight is 279 g/mol. The fourth-order valence-corrected chi connectivity index (χ4v) is 3.00. The third kappa shape index (κ3) is 2.23. The Kier molecular flexibility index (Phi) is 2.81. The van der Waals surface area contributed by atoms with E-state index in [1.54, 1.807) is 6.07 Å². The lowest BCUT2D eigenvalue weighted by molar-refractivity contribution is 0.629. The summed E-state index contributed by atoms with van der Waals surface area (Å²) >= 11 is 0. The van der Waals surface area contributed by atoms with Crippen molar-refractivity contribution < 1.29 is 4.39 Å². The van der Waals surface area contributed by atoms with Gasteiger partial charge in [0.05, 0.1) is 5.52 Å². The Bertz CT molecular complexity index is 791. The standard InChI is InChI=1S/C17H14FN3/c18-13-5-6-16-15(9-13)17(20-10-19-16)21-14-7-11-3-1-2-4-12(11)8-14/h1-6,9-10,14H,7-8H2,(H,19,20,21). The van der Waals surface area contributed by atoms with Crippen LogP contribution >= 0.6 is 0 Å². The zero-order chi connectivity index (χ0) is 14.2. The summed E-state index contributed by atoms with van der Waals surface area (Å²) in [5.74, 6) is 0.437. The Morgan fingerprint density at radius 1 is 1.00 bits per heavy atom. The molecule has 0 radical (unpaired) electrons. The molecule has 0 amide bonds. The summed E-state index contributed by atoms with van der Waals surface area (Å²) in [7, 11) is 0. The topological polar surface area (TPSA) is 37.8 Å². The second-order valence-electron chi connectivity index (χ2n) is 5.40. The molecule has 0 atom stereocenters. The average Bonchev–Trinajstić information content (AvgIpc) is 2.90. The lowest BCUT2D eigenvalue weighted by Gasteiger charge is -2.14. The summed E-state index contributed by atoms with van der Waals surface area (Å²) in [6, 6.07) is 13.3. The molecule has 21 heavy (non-hydrogen) atoms. The molecule has 1 heterocycles. The first-order chi connectivity index (χ1) is 10.3. The van der Waals surface area contributed by atoms with E-state index in [4.69, 9.17) is 0 Å². The van der Waals surface area contributed by atoms with Gasteiger partial charge in [0.1, 0.15) is 18.0 Å². The number of fused-ring (bicyclic) bond motifs is 2. The zero-order valence-electron chi connectivity index (χ0n) is 11.4. The molecule has 0 spiro atoms. The van der Waals surface area contributed by atoms with Gasteiger partial charge in [-0.25, -0.2) is 14.4 Å². The van der Waals surface area contributed by atoms with Crippen LogP contribution in [0.25, 0.3) is 10.9 Å². The van der Waals surface area contributed by atoms with E-state index in [0.29, 0.717) is 11.9 Å². The molecule has 0 aliphatic heterocycles. The Morgan fingerprint density at radius 2 is 1.76 bits per heavy atom. The number of halogens is 1. The minimum Gasteiger partial charge on any atom is -0.366 e. The third-order valence-electron chi connectivity index (χ3n) is 3.99. The van der Waals surface area contributed by atoms with Crippen molar-refractivity contribution in [2.45, 2.75) is 18.9 Å². The van der Waals surface area contributed by atoms with Crippen LogP contribution in [0.1, 0.15) is 11.1 Å². The van der Waals surface area contributed by atoms with Gasteiger partial charge in [-0.05, 0) is 42.2 Å². The van der Waals surface area contributed by atoms with Gasteiger partial charge in [-0.1, -0.05) is 24.3 Å². The maximum absolute atomic E-state index is 13.5. The summed E-state index contributed by atoms with van der Waals surface area (Å²) in [4.78, 5) is 8.46. The Labute approximate surface area is 121 Å². The van der Waals surface area contributed by atoms with Crippen LogP contribution in [0, 0.1) is 5.82 Å². The van der Waals surface area contributed by atoms with Crippen LogP contribution in [0.4, 0.5) is 10.2 Å². The second-order valence-corrected chi connectivity index (χ2v) is 5.40. The molecule has 3 aromatic rings. The number of anilines is 1. The van der Waals surface area contributed by atoms with Crippen molar-refractivity contribution >= 4 is 16.7 Å². The molecule has 0 unspecified atom stereocenters. The van der Waals surface area contributed by atoms with Crippen molar-refractivity contribution in [3.63, 3.8) is 0 Å². The largest absolute Gasteiger partial charge is 0.366 e. The van der Waals surface area contributed by atoms with E-state index in [-0.39, 0.29) is 5.82 Å². The van der Waals surface area contributed by atoms with Crippen LogP contribution < -0.4 is 5.32 Å². The lowest BCUT2D eigenvalue weighted by Crippen LogP contribution is -2.20. The van der Waals surface area contributed by atoms with E-state index < -0.39 is 0 Å². The Morgan fingerprint density at radius 3 is 2.52 bits per heavy atom. The number of rotatable bonds is 2.